The molecular formula is C14H20N2O3. The Bertz CT molecular complexity index is 442. The largest absolute Gasteiger partial charge is 0.487 e. The van der Waals surface area contributed by atoms with Gasteiger partial charge in [0, 0.05) is 6.07 Å². The van der Waals surface area contributed by atoms with Gasteiger partial charge in [0.1, 0.15) is 0 Å². The molecule has 1 fully saturated rings. The van der Waals surface area contributed by atoms with Crippen molar-refractivity contribution in [2.45, 2.75) is 26.2 Å². The van der Waals surface area contributed by atoms with E-state index >= 15 is 0 Å². The van der Waals surface area contributed by atoms with Crippen molar-refractivity contribution in [3.63, 3.8) is 0 Å². The Hall–Kier alpha value is -1.62. The average Bonchev–Trinajstić information content (AvgIpc) is 2.46. The summed E-state index contributed by atoms with van der Waals surface area (Å²) in [5.74, 6) is 0.882. The Morgan fingerprint density at radius 3 is 2.79 bits per heavy atom. The lowest BCUT2D eigenvalue weighted by molar-refractivity contribution is -0.386. The summed E-state index contributed by atoms with van der Waals surface area (Å²) in [6.07, 6.45) is 2.93. The van der Waals surface area contributed by atoms with Crippen LogP contribution < -0.4 is 10.1 Å². The molecule has 2 rings (SSSR count). The fourth-order valence-corrected chi connectivity index (χ4v) is 2.30. The molecule has 0 amide bonds. The predicted molar refractivity (Wildman–Crippen MR) is 73.6 cm³/mol. The molecule has 1 aromatic rings. The first-order valence-electron chi connectivity index (χ1n) is 6.81. The van der Waals surface area contributed by atoms with Gasteiger partial charge in [-0.25, -0.2) is 0 Å². The van der Waals surface area contributed by atoms with Gasteiger partial charge in [0.2, 0.25) is 0 Å². The molecule has 0 unspecified atom stereocenters. The van der Waals surface area contributed by atoms with Gasteiger partial charge in [-0.05, 0) is 49.9 Å². The van der Waals surface area contributed by atoms with Gasteiger partial charge in [0.15, 0.2) is 5.75 Å². The van der Waals surface area contributed by atoms with E-state index in [1.54, 1.807) is 12.1 Å². The van der Waals surface area contributed by atoms with E-state index in [4.69, 9.17) is 4.74 Å². The Kier molecular flexibility index (Phi) is 4.74. The van der Waals surface area contributed by atoms with Gasteiger partial charge in [-0.15, -0.1) is 0 Å². The van der Waals surface area contributed by atoms with Crippen LogP contribution >= 0.6 is 0 Å². The zero-order valence-electron chi connectivity index (χ0n) is 11.2. The maximum Gasteiger partial charge on any atom is 0.311 e. The molecule has 1 saturated heterocycles. The van der Waals surface area contributed by atoms with Crippen LogP contribution in [0.4, 0.5) is 5.69 Å². The van der Waals surface area contributed by atoms with Crippen LogP contribution in [0, 0.1) is 16.0 Å². The van der Waals surface area contributed by atoms with E-state index in [1.165, 1.54) is 0 Å². The third-order valence-corrected chi connectivity index (χ3v) is 3.56. The number of ether oxygens (including phenoxy) is 1. The lowest BCUT2D eigenvalue weighted by Gasteiger charge is -2.22. The zero-order valence-corrected chi connectivity index (χ0v) is 11.2. The van der Waals surface area contributed by atoms with E-state index < -0.39 is 0 Å². The van der Waals surface area contributed by atoms with Gasteiger partial charge < -0.3 is 10.1 Å². The Balaban J connectivity index is 2.04. The highest BCUT2D eigenvalue weighted by Crippen LogP contribution is 2.29. The second kappa shape index (κ2) is 6.52. The molecule has 0 aliphatic carbocycles. The molecule has 0 bridgehead atoms. The fourth-order valence-electron chi connectivity index (χ4n) is 2.30. The van der Waals surface area contributed by atoms with E-state index in [0.29, 0.717) is 18.3 Å². The molecule has 1 aliphatic heterocycles. The number of nitro groups is 1. The Morgan fingerprint density at radius 1 is 1.42 bits per heavy atom. The van der Waals surface area contributed by atoms with Crippen molar-refractivity contribution in [2.75, 3.05) is 19.7 Å². The lowest BCUT2D eigenvalue weighted by Crippen LogP contribution is -2.30. The number of hydrogen-bond acceptors (Lipinski definition) is 4. The first-order valence-corrected chi connectivity index (χ1v) is 6.81. The number of nitrogens with zero attached hydrogens (tertiary/aromatic N) is 1. The fraction of sp³-hybridized carbons (Fsp3) is 0.571. The molecule has 19 heavy (non-hydrogen) atoms. The highest BCUT2D eigenvalue weighted by Gasteiger charge is 2.18. The van der Waals surface area contributed by atoms with Crippen LogP contribution in [0.1, 0.15) is 25.3 Å². The number of benzene rings is 1. The van der Waals surface area contributed by atoms with E-state index in [-0.39, 0.29) is 10.6 Å². The third kappa shape index (κ3) is 3.67. The van der Waals surface area contributed by atoms with E-state index in [0.717, 1.165) is 37.9 Å². The molecule has 0 atom stereocenters. The van der Waals surface area contributed by atoms with Crippen molar-refractivity contribution >= 4 is 5.69 Å². The molecule has 1 aliphatic rings. The van der Waals surface area contributed by atoms with Crippen LogP contribution in [0.2, 0.25) is 0 Å². The van der Waals surface area contributed by atoms with Gasteiger partial charge in [-0.1, -0.05) is 13.0 Å². The smallest absolute Gasteiger partial charge is 0.311 e. The van der Waals surface area contributed by atoms with Crippen LogP contribution in [0.25, 0.3) is 0 Å². The highest BCUT2D eigenvalue weighted by atomic mass is 16.6. The Labute approximate surface area is 113 Å². The summed E-state index contributed by atoms with van der Waals surface area (Å²) in [6.45, 7) is 4.55. The Morgan fingerprint density at radius 2 is 2.16 bits per heavy atom. The molecule has 0 spiro atoms. The topological polar surface area (TPSA) is 64.4 Å². The number of rotatable bonds is 5. The first kappa shape index (κ1) is 13.8. The van der Waals surface area contributed by atoms with E-state index in [2.05, 4.69) is 5.32 Å². The number of hydrogen-bond donors (Lipinski definition) is 1. The van der Waals surface area contributed by atoms with Crippen LogP contribution in [-0.4, -0.2) is 24.6 Å². The first-order chi connectivity index (χ1) is 9.20. The minimum absolute atomic E-state index is 0.0771. The molecule has 1 heterocycles. The normalized spacial score (nSPS) is 16.3. The van der Waals surface area contributed by atoms with E-state index in [1.807, 2.05) is 13.0 Å². The maximum atomic E-state index is 11.1. The zero-order chi connectivity index (χ0) is 13.7. The van der Waals surface area contributed by atoms with Crippen molar-refractivity contribution in [3.05, 3.63) is 33.9 Å². The molecule has 5 nitrogen and oxygen atoms in total. The van der Waals surface area contributed by atoms with Crippen LogP contribution in [0.3, 0.4) is 0 Å². The summed E-state index contributed by atoms with van der Waals surface area (Å²) in [7, 11) is 0. The van der Waals surface area contributed by atoms with Crippen LogP contribution in [0.15, 0.2) is 18.2 Å². The molecule has 1 aromatic carbocycles. The highest BCUT2D eigenvalue weighted by molar-refractivity contribution is 5.48. The molecular weight excluding hydrogens is 244 g/mol. The van der Waals surface area contributed by atoms with Crippen molar-refractivity contribution in [2.24, 2.45) is 5.92 Å². The summed E-state index contributed by atoms with van der Waals surface area (Å²) < 4.78 is 5.67. The monoisotopic (exact) mass is 264 g/mol. The number of nitro benzene ring substituents is 1. The van der Waals surface area contributed by atoms with Crippen molar-refractivity contribution in [3.8, 4) is 5.75 Å². The summed E-state index contributed by atoms with van der Waals surface area (Å²) in [6, 6.07) is 5.22. The minimum atomic E-state index is -0.364. The second-order valence-corrected chi connectivity index (χ2v) is 4.92. The quantitative estimate of drug-likeness (QED) is 0.655. The minimum Gasteiger partial charge on any atom is -0.487 e. The summed E-state index contributed by atoms with van der Waals surface area (Å²) >= 11 is 0. The molecule has 5 heteroatoms. The third-order valence-electron chi connectivity index (χ3n) is 3.56. The van der Waals surface area contributed by atoms with Crippen molar-refractivity contribution in [1.29, 1.82) is 0 Å². The summed E-state index contributed by atoms with van der Waals surface area (Å²) in [5, 5.41) is 14.4. The number of piperidine rings is 1. The van der Waals surface area contributed by atoms with Gasteiger partial charge in [0.05, 0.1) is 11.5 Å². The molecule has 1 N–H and O–H groups in total. The van der Waals surface area contributed by atoms with Gasteiger partial charge >= 0.3 is 5.69 Å². The molecule has 0 radical (unpaired) electrons. The number of aryl methyl sites for hydroxylation is 1. The van der Waals surface area contributed by atoms with Gasteiger partial charge in [-0.2, -0.15) is 0 Å². The maximum absolute atomic E-state index is 11.1. The summed E-state index contributed by atoms with van der Waals surface area (Å²) in [4.78, 5) is 10.7. The van der Waals surface area contributed by atoms with E-state index in [9.17, 15) is 10.1 Å². The molecule has 104 valence electrons. The number of nitrogens with one attached hydrogen (secondary N) is 1. The van der Waals surface area contributed by atoms with Crippen LogP contribution in [-0.2, 0) is 6.42 Å². The SMILES string of the molecule is CCc1ccc(OCC2CCNCC2)c([N+](=O)[O-])c1. The van der Waals surface area contributed by atoms with Crippen molar-refractivity contribution < 1.29 is 9.66 Å². The lowest BCUT2D eigenvalue weighted by atomic mass is 9.99. The molecule has 0 aromatic heterocycles. The van der Waals surface area contributed by atoms with Gasteiger partial charge in [-0.3, -0.25) is 10.1 Å². The predicted octanol–water partition coefficient (Wildman–Crippen LogP) is 2.54. The van der Waals surface area contributed by atoms with Gasteiger partial charge in [0.25, 0.3) is 0 Å². The molecule has 0 saturated carbocycles. The standard InChI is InChI=1S/C14H20N2O3/c1-2-11-3-4-14(13(9-11)16(17)18)19-10-12-5-7-15-8-6-12/h3-4,9,12,15H,2,5-8,10H2,1H3. The average molecular weight is 264 g/mol. The summed E-state index contributed by atoms with van der Waals surface area (Å²) in [5.41, 5.74) is 1.04. The van der Waals surface area contributed by atoms with Crippen LogP contribution in [0.5, 0.6) is 5.75 Å². The second-order valence-electron chi connectivity index (χ2n) is 4.92. The van der Waals surface area contributed by atoms with Crippen molar-refractivity contribution in [1.82, 2.24) is 5.32 Å².